The van der Waals surface area contributed by atoms with Crippen LogP contribution in [-0.4, -0.2) is 37.7 Å². The molecule has 0 saturated carbocycles. The van der Waals surface area contributed by atoms with Crippen LogP contribution in [-0.2, 0) is 0 Å². The van der Waals surface area contributed by atoms with Gasteiger partial charge in [-0.1, -0.05) is 19.9 Å². The largest absolute Gasteiger partial charge is 0.494 e. The lowest BCUT2D eigenvalue weighted by Gasteiger charge is -2.21. The Kier molecular flexibility index (Phi) is 7.76. The van der Waals surface area contributed by atoms with E-state index in [4.69, 9.17) is 10.5 Å². The zero-order chi connectivity index (χ0) is 15.8. The summed E-state index contributed by atoms with van der Waals surface area (Å²) < 4.78 is 5.83. The van der Waals surface area contributed by atoms with Crippen molar-refractivity contribution in [2.24, 2.45) is 11.7 Å². The molecule has 0 aliphatic rings. The van der Waals surface area contributed by atoms with Crippen molar-refractivity contribution < 1.29 is 4.74 Å². The van der Waals surface area contributed by atoms with Crippen LogP contribution in [0.5, 0.6) is 5.75 Å². The first kappa shape index (κ1) is 18.0. The highest BCUT2D eigenvalue weighted by Crippen LogP contribution is 2.16. The van der Waals surface area contributed by atoms with E-state index in [9.17, 15) is 0 Å². The summed E-state index contributed by atoms with van der Waals surface area (Å²) in [6.45, 7) is 11.4. The monoisotopic (exact) mass is 292 g/mol. The predicted molar refractivity (Wildman–Crippen MR) is 91.0 cm³/mol. The first-order valence-corrected chi connectivity index (χ1v) is 8.03. The minimum Gasteiger partial charge on any atom is -0.494 e. The predicted octanol–water partition coefficient (Wildman–Crippen LogP) is 3.38. The Morgan fingerprint density at radius 2 is 1.71 bits per heavy atom. The topological polar surface area (TPSA) is 38.5 Å². The van der Waals surface area contributed by atoms with Gasteiger partial charge in [-0.25, -0.2) is 0 Å². The molecule has 120 valence electrons. The standard InChI is InChI=1S/C18H32N2O/c1-14(2)18(19)7-9-20(5)8-6-10-21-17-12-15(3)11-16(4)13-17/h11-14,18H,6-10,19H2,1-5H3. The molecule has 0 saturated heterocycles. The van der Waals surface area contributed by atoms with Crippen molar-refractivity contribution in [3.63, 3.8) is 0 Å². The van der Waals surface area contributed by atoms with Crippen molar-refractivity contribution in [3.8, 4) is 5.75 Å². The van der Waals surface area contributed by atoms with Crippen LogP contribution in [0.15, 0.2) is 18.2 Å². The smallest absolute Gasteiger partial charge is 0.119 e. The number of nitrogens with two attached hydrogens (primary N) is 1. The number of nitrogens with zero attached hydrogens (tertiary/aromatic N) is 1. The molecule has 3 heteroatoms. The molecule has 1 unspecified atom stereocenters. The molecule has 1 atom stereocenters. The maximum absolute atomic E-state index is 6.07. The molecule has 0 aliphatic carbocycles. The zero-order valence-electron chi connectivity index (χ0n) is 14.4. The molecule has 0 amide bonds. The van der Waals surface area contributed by atoms with Crippen molar-refractivity contribution in [1.82, 2.24) is 4.90 Å². The summed E-state index contributed by atoms with van der Waals surface area (Å²) in [4.78, 5) is 2.34. The average Bonchev–Trinajstić information content (AvgIpc) is 2.39. The minimum absolute atomic E-state index is 0.305. The van der Waals surface area contributed by atoms with Gasteiger partial charge in [0.15, 0.2) is 0 Å². The van der Waals surface area contributed by atoms with E-state index in [1.807, 2.05) is 0 Å². The van der Waals surface area contributed by atoms with Gasteiger partial charge in [0, 0.05) is 12.6 Å². The Bertz CT molecular complexity index is 397. The third kappa shape index (κ3) is 7.49. The van der Waals surface area contributed by atoms with Gasteiger partial charge in [0.1, 0.15) is 5.75 Å². The SMILES string of the molecule is Cc1cc(C)cc(OCCCN(C)CCC(N)C(C)C)c1. The fraction of sp³-hybridized carbons (Fsp3) is 0.667. The quantitative estimate of drug-likeness (QED) is 0.709. The van der Waals surface area contributed by atoms with Crippen LogP contribution < -0.4 is 10.5 Å². The lowest BCUT2D eigenvalue weighted by atomic mass is 10.0. The molecule has 0 heterocycles. The molecule has 0 bridgehead atoms. The molecule has 1 aromatic rings. The highest BCUT2D eigenvalue weighted by Gasteiger charge is 2.08. The van der Waals surface area contributed by atoms with Crippen LogP contribution in [0.1, 0.15) is 37.8 Å². The second kappa shape index (κ2) is 9.06. The first-order valence-electron chi connectivity index (χ1n) is 8.03. The second-order valence-corrected chi connectivity index (χ2v) is 6.53. The van der Waals surface area contributed by atoms with E-state index in [0.717, 1.165) is 38.3 Å². The highest BCUT2D eigenvalue weighted by atomic mass is 16.5. The van der Waals surface area contributed by atoms with Crippen LogP contribution in [0.3, 0.4) is 0 Å². The van der Waals surface area contributed by atoms with Gasteiger partial charge in [-0.15, -0.1) is 0 Å². The molecule has 2 N–H and O–H groups in total. The fourth-order valence-corrected chi connectivity index (χ4v) is 2.36. The lowest BCUT2D eigenvalue weighted by Crippen LogP contribution is -2.32. The third-order valence-electron chi connectivity index (χ3n) is 3.85. The number of ether oxygens (including phenoxy) is 1. The van der Waals surface area contributed by atoms with Gasteiger partial charge in [-0.05, 0) is 69.5 Å². The summed E-state index contributed by atoms with van der Waals surface area (Å²) in [5.74, 6) is 1.54. The highest BCUT2D eigenvalue weighted by molar-refractivity contribution is 5.32. The van der Waals surface area contributed by atoms with Gasteiger partial charge >= 0.3 is 0 Å². The van der Waals surface area contributed by atoms with Crippen molar-refractivity contribution in [2.75, 3.05) is 26.7 Å². The van der Waals surface area contributed by atoms with Crippen molar-refractivity contribution in [3.05, 3.63) is 29.3 Å². The Balaban J connectivity index is 2.18. The molecule has 0 aliphatic heterocycles. The molecule has 0 spiro atoms. The van der Waals surface area contributed by atoms with E-state index in [0.29, 0.717) is 12.0 Å². The molecular formula is C18H32N2O. The molecule has 21 heavy (non-hydrogen) atoms. The molecular weight excluding hydrogens is 260 g/mol. The Labute approximate surface area is 130 Å². The number of aryl methyl sites for hydroxylation is 2. The number of benzene rings is 1. The number of hydrogen-bond acceptors (Lipinski definition) is 3. The zero-order valence-corrected chi connectivity index (χ0v) is 14.4. The fourth-order valence-electron chi connectivity index (χ4n) is 2.36. The van der Waals surface area contributed by atoms with Crippen LogP contribution in [0.2, 0.25) is 0 Å². The maximum atomic E-state index is 6.07. The van der Waals surface area contributed by atoms with Crippen LogP contribution in [0.25, 0.3) is 0 Å². The van der Waals surface area contributed by atoms with Crippen LogP contribution in [0.4, 0.5) is 0 Å². The minimum atomic E-state index is 0.305. The molecule has 0 fully saturated rings. The van der Waals surface area contributed by atoms with E-state index in [1.165, 1.54) is 11.1 Å². The van der Waals surface area contributed by atoms with Gasteiger partial charge in [0.25, 0.3) is 0 Å². The van der Waals surface area contributed by atoms with Gasteiger partial charge in [0.05, 0.1) is 6.61 Å². The Morgan fingerprint density at radius 1 is 1.10 bits per heavy atom. The number of hydrogen-bond donors (Lipinski definition) is 1. The van der Waals surface area contributed by atoms with E-state index in [2.05, 4.69) is 57.8 Å². The van der Waals surface area contributed by atoms with Crippen molar-refractivity contribution in [2.45, 2.75) is 46.6 Å². The lowest BCUT2D eigenvalue weighted by molar-refractivity contribution is 0.253. The van der Waals surface area contributed by atoms with Crippen molar-refractivity contribution >= 4 is 0 Å². The molecule has 1 aromatic carbocycles. The summed E-state index contributed by atoms with van der Waals surface area (Å²) >= 11 is 0. The average molecular weight is 292 g/mol. The molecule has 0 aromatic heterocycles. The summed E-state index contributed by atoms with van der Waals surface area (Å²) in [6, 6.07) is 6.66. The third-order valence-corrected chi connectivity index (χ3v) is 3.85. The summed E-state index contributed by atoms with van der Waals surface area (Å²) in [6.07, 6.45) is 2.10. The molecule has 3 nitrogen and oxygen atoms in total. The normalized spacial score (nSPS) is 13.0. The summed E-state index contributed by atoms with van der Waals surface area (Å²) in [7, 11) is 2.16. The summed E-state index contributed by atoms with van der Waals surface area (Å²) in [5.41, 5.74) is 8.58. The first-order chi connectivity index (χ1) is 9.88. The van der Waals surface area contributed by atoms with E-state index < -0.39 is 0 Å². The second-order valence-electron chi connectivity index (χ2n) is 6.53. The Hall–Kier alpha value is -1.06. The maximum Gasteiger partial charge on any atom is 0.119 e. The van der Waals surface area contributed by atoms with Gasteiger partial charge in [-0.3, -0.25) is 0 Å². The number of rotatable bonds is 9. The van der Waals surface area contributed by atoms with Crippen LogP contribution in [0, 0.1) is 19.8 Å². The van der Waals surface area contributed by atoms with Crippen molar-refractivity contribution in [1.29, 1.82) is 0 Å². The van der Waals surface area contributed by atoms with Gasteiger partial charge in [-0.2, -0.15) is 0 Å². The summed E-state index contributed by atoms with van der Waals surface area (Å²) in [5, 5.41) is 0. The molecule has 1 rings (SSSR count). The Morgan fingerprint density at radius 3 is 2.29 bits per heavy atom. The van der Waals surface area contributed by atoms with E-state index in [-0.39, 0.29) is 0 Å². The van der Waals surface area contributed by atoms with Gasteiger partial charge < -0.3 is 15.4 Å². The van der Waals surface area contributed by atoms with Crippen LogP contribution >= 0.6 is 0 Å². The van der Waals surface area contributed by atoms with E-state index >= 15 is 0 Å². The van der Waals surface area contributed by atoms with E-state index in [1.54, 1.807) is 0 Å². The molecule has 0 radical (unpaired) electrons. The van der Waals surface area contributed by atoms with Gasteiger partial charge in [0.2, 0.25) is 0 Å².